The molecule has 2 saturated heterocycles. The van der Waals surface area contributed by atoms with Crippen molar-refractivity contribution in [2.75, 3.05) is 25.9 Å². The lowest BCUT2D eigenvalue weighted by Gasteiger charge is -2.23. The number of nitrogens with zero attached hydrogens (tertiary/aromatic N) is 1. The fourth-order valence-corrected chi connectivity index (χ4v) is 6.60. The summed E-state index contributed by atoms with van der Waals surface area (Å²) < 4.78 is 23.8. The Morgan fingerprint density at radius 1 is 1.12 bits per heavy atom. The summed E-state index contributed by atoms with van der Waals surface area (Å²) in [5.41, 5.74) is 2.73. The van der Waals surface area contributed by atoms with Crippen molar-refractivity contribution in [2.24, 2.45) is 11.8 Å². The van der Waals surface area contributed by atoms with Crippen LogP contribution in [-0.4, -0.2) is 44.6 Å². The number of hydrogen-bond donors (Lipinski definition) is 1. The van der Waals surface area contributed by atoms with Gasteiger partial charge in [-0.25, -0.2) is 8.42 Å². The maximum atomic E-state index is 11.9. The zero-order chi connectivity index (χ0) is 17.4. The van der Waals surface area contributed by atoms with Crippen LogP contribution in [0.15, 0.2) is 24.3 Å². The summed E-state index contributed by atoms with van der Waals surface area (Å²) in [7, 11) is -2.96. The minimum absolute atomic E-state index is 0.270. The second-order valence-corrected chi connectivity index (χ2v) is 10.4. The molecule has 2 aliphatic heterocycles. The minimum atomic E-state index is -2.96. The molecule has 0 aromatic heterocycles. The van der Waals surface area contributed by atoms with E-state index in [2.05, 4.69) is 34.5 Å². The third-order valence-corrected chi connectivity index (χ3v) is 8.09. The Labute approximate surface area is 151 Å². The lowest BCUT2D eigenvalue weighted by molar-refractivity contribution is 0.310. The normalized spacial score (nSPS) is 33.0. The average molecular weight is 363 g/mol. The van der Waals surface area contributed by atoms with Gasteiger partial charge in [0.1, 0.15) is 5.37 Å². The molecule has 0 amide bonds. The quantitative estimate of drug-likeness (QED) is 0.875. The van der Waals surface area contributed by atoms with Crippen LogP contribution in [0.25, 0.3) is 0 Å². The summed E-state index contributed by atoms with van der Waals surface area (Å²) in [6.45, 7) is 2.92. The highest BCUT2D eigenvalue weighted by Crippen LogP contribution is 2.44. The number of fused-ring (bicyclic) bond motifs is 1. The van der Waals surface area contributed by atoms with Crippen LogP contribution in [-0.2, 0) is 16.3 Å². The Kier molecular flexibility index (Phi) is 4.91. The Morgan fingerprint density at radius 3 is 2.68 bits per heavy atom. The Hall–Kier alpha value is -0.910. The lowest BCUT2D eigenvalue weighted by atomic mass is 9.89. The van der Waals surface area contributed by atoms with E-state index in [1.807, 2.05) is 0 Å². The van der Waals surface area contributed by atoms with Gasteiger partial charge in [-0.15, -0.1) is 0 Å². The standard InChI is InChI=1S/C20H30N2O2S/c1-25(23,24)19-6-3-12-22(19)13-11-15-7-9-16(10-8-15)20-18-5-2-4-17(18)14-21-20/h7-10,17-21H,2-6,11-14H2,1H3/t17?,18?,19-,20?/m1/s1. The van der Waals surface area contributed by atoms with E-state index < -0.39 is 9.84 Å². The topological polar surface area (TPSA) is 49.4 Å². The van der Waals surface area contributed by atoms with Gasteiger partial charge in [-0.3, -0.25) is 4.90 Å². The molecule has 1 aromatic rings. The smallest absolute Gasteiger partial charge is 0.163 e. The fourth-order valence-electron chi connectivity index (χ4n) is 5.25. The highest BCUT2D eigenvalue weighted by Gasteiger charge is 2.39. The maximum Gasteiger partial charge on any atom is 0.163 e. The second-order valence-electron chi connectivity index (χ2n) is 8.19. The van der Waals surface area contributed by atoms with Crippen LogP contribution < -0.4 is 5.32 Å². The van der Waals surface area contributed by atoms with Crippen molar-refractivity contribution in [3.63, 3.8) is 0 Å². The SMILES string of the molecule is CS(=O)(=O)[C@@H]1CCCN1CCc1ccc(C2NCC3CCCC32)cc1. The van der Waals surface area contributed by atoms with E-state index in [9.17, 15) is 8.42 Å². The van der Waals surface area contributed by atoms with Crippen LogP contribution in [0.1, 0.15) is 49.3 Å². The van der Waals surface area contributed by atoms with Gasteiger partial charge in [0.05, 0.1) is 0 Å². The third-order valence-electron chi connectivity index (χ3n) is 6.57. The molecule has 4 nitrogen and oxygen atoms in total. The van der Waals surface area contributed by atoms with Crippen molar-refractivity contribution < 1.29 is 8.42 Å². The summed E-state index contributed by atoms with van der Waals surface area (Å²) in [6, 6.07) is 9.59. The van der Waals surface area contributed by atoms with Gasteiger partial charge in [0, 0.05) is 18.8 Å². The number of sulfone groups is 1. The molecule has 138 valence electrons. The third kappa shape index (κ3) is 3.64. The average Bonchev–Trinajstić information content (AvgIpc) is 3.29. The molecule has 1 saturated carbocycles. The molecule has 1 aliphatic carbocycles. The molecule has 3 aliphatic rings. The number of benzene rings is 1. The first-order valence-electron chi connectivity index (χ1n) is 9.77. The van der Waals surface area contributed by atoms with Crippen molar-refractivity contribution in [3.05, 3.63) is 35.4 Å². The summed E-state index contributed by atoms with van der Waals surface area (Å²) in [5, 5.41) is 3.45. The fraction of sp³-hybridized carbons (Fsp3) is 0.700. The number of nitrogens with one attached hydrogen (secondary N) is 1. The van der Waals surface area contributed by atoms with Gasteiger partial charge in [-0.05, 0) is 68.2 Å². The van der Waals surface area contributed by atoms with Crippen molar-refractivity contribution in [3.8, 4) is 0 Å². The predicted molar refractivity (Wildman–Crippen MR) is 101 cm³/mol. The summed E-state index contributed by atoms with van der Waals surface area (Å²) in [4.78, 5) is 2.14. The van der Waals surface area contributed by atoms with Crippen LogP contribution in [0.2, 0.25) is 0 Å². The van der Waals surface area contributed by atoms with E-state index in [-0.39, 0.29) is 5.37 Å². The van der Waals surface area contributed by atoms with E-state index in [1.54, 1.807) is 0 Å². The zero-order valence-electron chi connectivity index (χ0n) is 15.2. The number of rotatable bonds is 5. The van der Waals surface area contributed by atoms with Gasteiger partial charge in [-0.1, -0.05) is 30.7 Å². The van der Waals surface area contributed by atoms with E-state index in [4.69, 9.17) is 0 Å². The van der Waals surface area contributed by atoms with Gasteiger partial charge in [0.15, 0.2) is 9.84 Å². The molecular formula is C20H30N2O2S. The molecule has 0 bridgehead atoms. The predicted octanol–water partition coefficient (Wildman–Crippen LogP) is 2.76. The first kappa shape index (κ1) is 17.5. The molecule has 0 radical (unpaired) electrons. The molecule has 1 aromatic carbocycles. The zero-order valence-corrected chi connectivity index (χ0v) is 16.0. The van der Waals surface area contributed by atoms with Gasteiger partial charge < -0.3 is 5.32 Å². The molecule has 5 heteroatoms. The summed E-state index contributed by atoms with van der Waals surface area (Å²) >= 11 is 0. The van der Waals surface area contributed by atoms with Gasteiger partial charge in [0.25, 0.3) is 0 Å². The van der Waals surface area contributed by atoms with Gasteiger partial charge in [0.2, 0.25) is 0 Å². The van der Waals surface area contributed by atoms with E-state index in [0.717, 1.165) is 44.2 Å². The van der Waals surface area contributed by atoms with Crippen molar-refractivity contribution in [2.45, 2.75) is 49.9 Å². The summed E-state index contributed by atoms with van der Waals surface area (Å²) in [5.74, 6) is 1.71. The van der Waals surface area contributed by atoms with Crippen LogP contribution in [0.3, 0.4) is 0 Å². The summed E-state index contributed by atoms with van der Waals surface area (Å²) in [6.07, 6.45) is 8.23. The molecular weight excluding hydrogens is 332 g/mol. The van der Waals surface area contributed by atoms with Gasteiger partial charge in [-0.2, -0.15) is 0 Å². The number of likely N-dealkylation sites (tertiary alicyclic amines) is 1. The molecule has 1 N–H and O–H groups in total. The monoisotopic (exact) mass is 362 g/mol. The maximum absolute atomic E-state index is 11.9. The Balaban J connectivity index is 1.36. The molecule has 0 spiro atoms. The van der Waals surface area contributed by atoms with Crippen molar-refractivity contribution >= 4 is 9.84 Å². The van der Waals surface area contributed by atoms with E-state index in [0.29, 0.717) is 6.04 Å². The lowest BCUT2D eigenvalue weighted by Crippen LogP contribution is -2.36. The van der Waals surface area contributed by atoms with Crippen molar-refractivity contribution in [1.82, 2.24) is 10.2 Å². The van der Waals surface area contributed by atoms with E-state index >= 15 is 0 Å². The molecule has 3 fully saturated rings. The van der Waals surface area contributed by atoms with Crippen LogP contribution in [0.5, 0.6) is 0 Å². The molecule has 2 heterocycles. The number of hydrogen-bond acceptors (Lipinski definition) is 4. The van der Waals surface area contributed by atoms with Gasteiger partial charge >= 0.3 is 0 Å². The first-order chi connectivity index (χ1) is 12.0. The highest BCUT2D eigenvalue weighted by molar-refractivity contribution is 7.91. The molecule has 4 atom stereocenters. The highest BCUT2D eigenvalue weighted by atomic mass is 32.2. The van der Waals surface area contributed by atoms with E-state index in [1.165, 1.54) is 43.2 Å². The first-order valence-corrected chi connectivity index (χ1v) is 11.7. The Morgan fingerprint density at radius 2 is 1.92 bits per heavy atom. The minimum Gasteiger partial charge on any atom is -0.309 e. The molecule has 3 unspecified atom stereocenters. The Bertz CT molecular complexity index is 701. The molecule has 25 heavy (non-hydrogen) atoms. The van der Waals surface area contributed by atoms with Crippen LogP contribution in [0, 0.1) is 11.8 Å². The molecule has 4 rings (SSSR count). The second kappa shape index (κ2) is 7.01. The van der Waals surface area contributed by atoms with Crippen LogP contribution in [0.4, 0.5) is 0 Å². The largest absolute Gasteiger partial charge is 0.309 e. The van der Waals surface area contributed by atoms with Crippen LogP contribution >= 0.6 is 0 Å². The van der Waals surface area contributed by atoms with Crippen molar-refractivity contribution in [1.29, 1.82) is 0 Å².